The third-order valence-electron chi connectivity index (χ3n) is 2.45. The highest BCUT2D eigenvalue weighted by atomic mass is 19.3. The fourth-order valence-electron chi connectivity index (χ4n) is 1.56. The summed E-state index contributed by atoms with van der Waals surface area (Å²) >= 11 is 0. The van der Waals surface area contributed by atoms with Crippen LogP contribution in [-0.2, 0) is 13.0 Å². The zero-order valence-electron chi connectivity index (χ0n) is 9.33. The van der Waals surface area contributed by atoms with Crippen LogP contribution in [0.25, 0.3) is 0 Å². The van der Waals surface area contributed by atoms with Crippen LogP contribution in [0.4, 0.5) is 8.78 Å². The van der Waals surface area contributed by atoms with Crippen molar-refractivity contribution in [1.82, 2.24) is 9.78 Å². The minimum absolute atomic E-state index is 0.255. The summed E-state index contributed by atoms with van der Waals surface area (Å²) in [5.74, 6) is 0.546. The minimum Gasteiger partial charge on any atom is -0.473 e. The normalized spacial score (nSPS) is 15.8. The lowest BCUT2D eigenvalue weighted by atomic mass is 10.2. The van der Waals surface area contributed by atoms with Gasteiger partial charge in [0.15, 0.2) is 0 Å². The van der Waals surface area contributed by atoms with Crippen molar-refractivity contribution in [2.75, 3.05) is 0 Å². The Morgan fingerprint density at radius 2 is 2.31 bits per heavy atom. The van der Waals surface area contributed by atoms with Crippen LogP contribution in [0.15, 0.2) is 6.20 Å². The molecule has 1 aromatic heterocycles. The lowest BCUT2D eigenvalue weighted by Crippen LogP contribution is -2.07. The molecule has 1 aromatic rings. The Morgan fingerprint density at radius 1 is 1.56 bits per heavy atom. The molecule has 2 rings (SSSR count). The molecule has 0 unspecified atom stereocenters. The van der Waals surface area contributed by atoms with Gasteiger partial charge in [-0.05, 0) is 19.3 Å². The van der Waals surface area contributed by atoms with Crippen LogP contribution >= 0.6 is 0 Å². The number of aryl methyl sites for hydroxylation is 1. The van der Waals surface area contributed by atoms with E-state index < -0.39 is 6.43 Å². The summed E-state index contributed by atoms with van der Waals surface area (Å²) in [7, 11) is 0. The quantitative estimate of drug-likeness (QED) is 0.751. The summed E-state index contributed by atoms with van der Waals surface area (Å²) in [6.07, 6.45) is 3.44. The van der Waals surface area contributed by atoms with E-state index in [9.17, 15) is 8.78 Å². The van der Waals surface area contributed by atoms with Crippen LogP contribution in [0.2, 0.25) is 0 Å². The average Bonchev–Trinajstić information content (AvgIpc) is 2.92. The third-order valence-corrected chi connectivity index (χ3v) is 2.45. The number of ether oxygens (including phenoxy) is 1. The molecule has 0 amide bonds. The first-order chi connectivity index (χ1) is 7.69. The minimum atomic E-state index is -2.37. The summed E-state index contributed by atoms with van der Waals surface area (Å²) < 4.78 is 31.3. The molecule has 1 fully saturated rings. The lowest BCUT2D eigenvalue weighted by molar-refractivity contribution is 0.121. The molecule has 1 aliphatic rings. The number of halogens is 2. The number of alkyl halides is 2. The van der Waals surface area contributed by atoms with Crippen LogP contribution in [0, 0.1) is 0 Å². The molecule has 1 saturated carbocycles. The topological polar surface area (TPSA) is 27.1 Å². The van der Waals surface area contributed by atoms with Gasteiger partial charge in [-0.25, -0.2) is 8.78 Å². The Bertz CT molecular complexity index is 348. The molecule has 0 spiro atoms. The Morgan fingerprint density at radius 3 is 2.88 bits per heavy atom. The monoisotopic (exact) mass is 230 g/mol. The van der Waals surface area contributed by atoms with Gasteiger partial charge in [0.2, 0.25) is 5.88 Å². The number of rotatable bonds is 6. The molecule has 5 heteroatoms. The molecule has 0 atom stereocenters. The van der Waals surface area contributed by atoms with Gasteiger partial charge in [0, 0.05) is 11.8 Å². The van der Waals surface area contributed by atoms with E-state index in [1.165, 1.54) is 4.68 Å². The molecule has 3 nitrogen and oxygen atoms in total. The summed E-state index contributed by atoms with van der Waals surface area (Å²) in [4.78, 5) is 0. The Labute approximate surface area is 93.4 Å². The van der Waals surface area contributed by atoms with Crippen molar-refractivity contribution >= 4 is 0 Å². The Kier molecular flexibility index (Phi) is 3.41. The first-order valence-corrected chi connectivity index (χ1v) is 5.70. The van der Waals surface area contributed by atoms with Gasteiger partial charge in [-0.1, -0.05) is 13.3 Å². The van der Waals surface area contributed by atoms with Gasteiger partial charge in [0.1, 0.15) is 12.6 Å². The molecule has 0 bridgehead atoms. The molecule has 1 heterocycles. The van der Waals surface area contributed by atoms with Crippen LogP contribution in [0.5, 0.6) is 5.88 Å². The second-order valence-corrected chi connectivity index (χ2v) is 4.14. The van der Waals surface area contributed by atoms with Crippen molar-refractivity contribution < 1.29 is 13.5 Å². The number of nitrogens with zero attached hydrogens (tertiary/aromatic N) is 2. The van der Waals surface area contributed by atoms with Crippen molar-refractivity contribution in [2.24, 2.45) is 0 Å². The van der Waals surface area contributed by atoms with E-state index in [1.54, 1.807) is 6.20 Å². The van der Waals surface area contributed by atoms with Gasteiger partial charge in [0.05, 0.1) is 0 Å². The predicted molar refractivity (Wildman–Crippen MR) is 55.9 cm³/mol. The third kappa shape index (κ3) is 2.93. The first kappa shape index (κ1) is 11.4. The molecular weight excluding hydrogens is 214 g/mol. The summed E-state index contributed by atoms with van der Waals surface area (Å²) in [5, 5.41) is 4.06. The van der Waals surface area contributed by atoms with Crippen LogP contribution in [0.3, 0.4) is 0 Å². The second kappa shape index (κ2) is 4.80. The number of hydrogen-bond acceptors (Lipinski definition) is 2. The molecule has 0 aromatic carbocycles. The zero-order valence-corrected chi connectivity index (χ0v) is 9.33. The van der Waals surface area contributed by atoms with E-state index >= 15 is 0 Å². The molecule has 1 aliphatic carbocycles. The predicted octanol–water partition coefficient (Wildman–Crippen LogP) is 2.64. The van der Waals surface area contributed by atoms with Gasteiger partial charge in [-0.3, -0.25) is 4.68 Å². The highest BCUT2D eigenvalue weighted by Gasteiger charge is 2.26. The fraction of sp³-hybridized carbons (Fsp3) is 0.727. The lowest BCUT2D eigenvalue weighted by Gasteiger charge is -2.02. The van der Waals surface area contributed by atoms with Gasteiger partial charge in [-0.15, -0.1) is 5.10 Å². The SMILES string of the molecule is CCCc1cn(CC(F)F)nc1OC1CC1. The maximum Gasteiger partial charge on any atom is 0.257 e. The molecule has 0 N–H and O–H groups in total. The summed E-state index contributed by atoms with van der Waals surface area (Å²) in [5.41, 5.74) is 0.940. The van der Waals surface area contributed by atoms with Gasteiger partial charge in [-0.2, -0.15) is 0 Å². The van der Waals surface area contributed by atoms with E-state index in [-0.39, 0.29) is 12.6 Å². The van der Waals surface area contributed by atoms with Crippen LogP contribution in [-0.4, -0.2) is 22.3 Å². The molecule has 90 valence electrons. The van der Waals surface area contributed by atoms with Crippen molar-refractivity contribution in [3.8, 4) is 5.88 Å². The van der Waals surface area contributed by atoms with E-state index in [2.05, 4.69) is 5.10 Å². The largest absolute Gasteiger partial charge is 0.473 e. The van der Waals surface area contributed by atoms with Gasteiger partial charge in [0.25, 0.3) is 6.43 Å². The van der Waals surface area contributed by atoms with E-state index in [0.29, 0.717) is 5.88 Å². The molecule has 0 aliphatic heterocycles. The Hall–Kier alpha value is -1.13. The zero-order chi connectivity index (χ0) is 11.5. The summed E-state index contributed by atoms with van der Waals surface area (Å²) in [6, 6.07) is 0. The van der Waals surface area contributed by atoms with Crippen molar-refractivity contribution in [3.63, 3.8) is 0 Å². The molecule has 0 radical (unpaired) electrons. The van der Waals surface area contributed by atoms with E-state index in [1.807, 2.05) is 6.92 Å². The van der Waals surface area contributed by atoms with Crippen molar-refractivity contribution in [1.29, 1.82) is 0 Å². The molecular formula is C11H16F2N2O. The maximum absolute atomic E-state index is 12.2. The van der Waals surface area contributed by atoms with Crippen LogP contribution in [0.1, 0.15) is 31.7 Å². The van der Waals surface area contributed by atoms with Crippen LogP contribution < -0.4 is 4.74 Å². The maximum atomic E-state index is 12.2. The van der Waals surface area contributed by atoms with E-state index in [4.69, 9.17) is 4.74 Å². The standard InChI is InChI=1S/C11H16F2N2O/c1-2-3-8-6-15(7-10(12)13)14-11(8)16-9-4-5-9/h6,9-10H,2-5,7H2,1H3. The highest BCUT2D eigenvalue weighted by molar-refractivity contribution is 5.24. The Balaban J connectivity index is 2.08. The first-order valence-electron chi connectivity index (χ1n) is 5.70. The van der Waals surface area contributed by atoms with Gasteiger partial charge < -0.3 is 4.74 Å². The second-order valence-electron chi connectivity index (χ2n) is 4.14. The van der Waals surface area contributed by atoms with E-state index in [0.717, 1.165) is 31.2 Å². The van der Waals surface area contributed by atoms with Crippen molar-refractivity contribution in [2.45, 2.75) is 51.7 Å². The average molecular weight is 230 g/mol. The molecule has 16 heavy (non-hydrogen) atoms. The molecule has 0 saturated heterocycles. The fourth-order valence-corrected chi connectivity index (χ4v) is 1.56. The summed E-state index contributed by atoms with van der Waals surface area (Å²) in [6.45, 7) is 1.69. The van der Waals surface area contributed by atoms with Gasteiger partial charge >= 0.3 is 0 Å². The van der Waals surface area contributed by atoms with Crippen molar-refractivity contribution in [3.05, 3.63) is 11.8 Å². The smallest absolute Gasteiger partial charge is 0.257 e. The number of hydrogen-bond donors (Lipinski definition) is 0. The number of aromatic nitrogens is 2. The highest BCUT2D eigenvalue weighted by Crippen LogP contribution is 2.28.